The first-order valence-corrected chi connectivity index (χ1v) is 15.4. The zero-order chi connectivity index (χ0) is 28.9. The number of unbranched alkanes of at least 4 members (excludes halogenated alkanes) is 8. The summed E-state index contributed by atoms with van der Waals surface area (Å²) in [6, 6.07) is 0. The normalized spacial score (nSPS) is 16.8. The van der Waals surface area contributed by atoms with Crippen LogP contribution in [0.2, 0.25) is 0 Å². The van der Waals surface area contributed by atoms with Crippen molar-refractivity contribution in [2.45, 2.75) is 95.9 Å². The SMILES string of the molecule is C=CC1(COCCCCCCCCCCCOP(=O)(O)O)CCc2c1c(O)n(CCCOC(=O)C(=C)C)c2O. The highest BCUT2D eigenvalue weighted by Gasteiger charge is 2.43. The van der Waals surface area contributed by atoms with Crippen LogP contribution in [0.3, 0.4) is 0 Å². The van der Waals surface area contributed by atoms with Crippen molar-refractivity contribution in [3.8, 4) is 11.8 Å². The van der Waals surface area contributed by atoms with Crippen LogP contribution in [-0.4, -0.2) is 57.0 Å². The molecule has 2 rings (SSSR count). The number of aromatic nitrogens is 1. The Morgan fingerprint density at radius 1 is 0.974 bits per heavy atom. The van der Waals surface area contributed by atoms with Gasteiger partial charge in [-0.1, -0.05) is 57.6 Å². The number of hydrogen-bond donors (Lipinski definition) is 4. The smallest absolute Gasteiger partial charge is 0.469 e. The number of ether oxygens (including phenoxy) is 2. The summed E-state index contributed by atoms with van der Waals surface area (Å²) in [5.74, 6) is -0.390. The van der Waals surface area contributed by atoms with E-state index in [1.165, 1.54) is 4.57 Å². The number of esters is 1. The fourth-order valence-corrected chi connectivity index (χ4v) is 5.36. The molecule has 0 fully saturated rings. The molecule has 1 aliphatic rings. The minimum absolute atomic E-state index is 0.0176. The quantitative estimate of drug-likeness (QED) is 0.0499. The predicted octanol–water partition coefficient (Wildman–Crippen LogP) is 5.42. The van der Waals surface area contributed by atoms with E-state index in [0.29, 0.717) is 56.6 Å². The first kappa shape index (κ1) is 33.1. The van der Waals surface area contributed by atoms with Crippen molar-refractivity contribution in [1.29, 1.82) is 0 Å². The summed E-state index contributed by atoms with van der Waals surface area (Å²) in [5.41, 5.74) is 1.19. The van der Waals surface area contributed by atoms with Gasteiger partial charge in [0.25, 0.3) is 0 Å². The zero-order valence-electron chi connectivity index (χ0n) is 23.2. The molecule has 1 aromatic heterocycles. The van der Waals surface area contributed by atoms with Crippen LogP contribution in [-0.2, 0) is 41.7 Å². The van der Waals surface area contributed by atoms with Gasteiger partial charge in [-0.2, -0.15) is 0 Å². The molecular formula is C28H46NO9P. The summed E-state index contributed by atoms with van der Waals surface area (Å²) >= 11 is 0. The van der Waals surface area contributed by atoms with Crippen molar-refractivity contribution in [1.82, 2.24) is 4.57 Å². The largest absolute Gasteiger partial charge is 0.494 e. The lowest BCUT2D eigenvalue weighted by Gasteiger charge is -2.26. The summed E-state index contributed by atoms with van der Waals surface area (Å²) in [6.45, 7) is 10.7. The maximum absolute atomic E-state index is 11.5. The van der Waals surface area contributed by atoms with Crippen molar-refractivity contribution in [3.05, 3.63) is 35.9 Å². The Hall–Kier alpha value is -2.10. The Labute approximate surface area is 231 Å². The Balaban J connectivity index is 1.66. The molecule has 0 radical (unpaired) electrons. The lowest BCUT2D eigenvalue weighted by atomic mass is 9.83. The summed E-state index contributed by atoms with van der Waals surface area (Å²) in [4.78, 5) is 28.8. The van der Waals surface area contributed by atoms with E-state index in [1.807, 2.05) is 6.08 Å². The van der Waals surface area contributed by atoms with E-state index in [0.717, 1.165) is 56.9 Å². The van der Waals surface area contributed by atoms with Gasteiger partial charge >= 0.3 is 13.8 Å². The van der Waals surface area contributed by atoms with Crippen molar-refractivity contribution in [3.63, 3.8) is 0 Å². The summed E-state index contributed by atoms with van der Waals surface area (Å²) in [5, 5.41) is 21.7. The molecule has 39 heavy (non-hydrogen) atoms. The van der Waals surface area contributed by atoms with Crippen LogP contribution in [0.25, 0.3) is 0 Å². The van der Waals surface area contributed by atoms with Crippen LogP contribution in [0.1, 0.15) is 88.7 Å². The van der Waals surface area contributed by atoms with E-state index in [4.69, 9.17) is 19.3 Å². The molecule has 1 heterocycles. The number of phosphoric acid groups is 1. The number of fused-ring (bicyclic) bond motifs is 1. The second-order valence-electron chi connectivity index (χ2n) is 10.3. The minimum atomic E-state index is -4.34. The molecule has 0 spiro atoms. The van der Waals surface area contributed by atoms with Gasteiger partial charge in [0.15, 0.2) is 11.8 Å². The van der Waals surface area contributed by atoms with Crippen LogP contribution in [0.4, 0.5) is 0 Å². The third-order valence-electron chi connectivity index (χ3n) is 7.18. The molecule has 0 bridgehead atoms. The molecule has 0 saturated carbocycles. The van der Waals surface area contributed by atoms with Gasteiger partial charge in [0, 0.05) is 35.3 Å². The molecule has 1 aromatic rings. The first-order valence-electron chi connectivity index (χ1n) is 13.9. The van der Waals surface area contributed by atoms with Gasteiger partial charge in [0.1, 0.15) is 0 Å². The third kappa shape index (κ3) is 10.4. The van der Waals surface area contributed by atoms with Gasteiger partial charge in [0.2, 0.25) is 0 Å². The molecule has 1 unspecified atom stereocenters. The Kier molecular flexibility index (Phi) is 13.8. The van der Waals surface area contributed by atoms with Crippen LogP contribution in [0.5, 0.6) is 11.8 Å². The molecular weight excluding hydrogens is 525 g/mol. The second-order valence-corrected chi connectivity index (χ2v) is 11.6. The highest BCUT2D eigenvalue weighted by atomic mass is 31.2. The van der Waals surface area contributed by atoms with E-state index in [9.17, 15) is 19.6 Å². The molecule has 0 aliphatic heterocycles. The molecule has 11 heteroatoms. The second kappa shape index (κ2) is 16.2. The highest BCUT2D eigenvalue weighted by molar-refractivity contribution is 7.46. The van der Waals surface area contributed by atoms with E-state index >= 15 is 0 Å². The average molecular weight is 572 g/mol. The standard InChI is InChI=1S/C28H46NO9P/c1-4-28(21-36-18-12-10-8-6-5-7-9-11-13-20-38-39(33,34)35)16-15-23-24(28)26(31)29(25(23)30)17-14-19-37-27(32)22(2)3/h4,30-31H,1-2,5-21H2,3H3,(H2,33,34,35). The van der Waals surface area contributed by atoms with Crippen molar-refractivity contribution in [2.75, 3.05) is 26.4 Å². The Bertz CT molecular complexity index is 1000. The number of carbonyl (C=O) groups excluding carboxylic acids is 1. The van der Waals surface area contributed by atoms with Gasteiger partial charge in [-0.05, 0) is 39.0 Å². The lowest BCUT2D eigenvalue weighted by Crippen LogP contribution is -2.27. The maximum Gasteiger partial charge on any atom is 0.469 e. The number of nitrogens with zero attached hydrogens (tertiary/aromatic N) is 1. The fourth-order valence-electron chi connectivity index (χ4n) is 4.99. The predicted molar refractivity (Wildman–Crippen MR) is 149 cm³/mol. The zero-order valence-corrected chi connectivity index (χ0v) is 24.1. The average Bonchev–Trinajstić information content (AvgIpc) is 3.37. The van der Waals surface area contributed by atoms with Gasteiger partial charge in [0.05, 0.1) is 19.8 Å². The summed E-state index contributed by atoms with van der Waals surface area (Å²) in [7, 11) is -4.34. The van der Waals surface area contributed by atoms with Crippen molar-refractivity contribution in [2.24, 2.45) is 0 Å². The number of phosphoric ester groups is 1. The Morgan fingerprint density at radius 3 is 2.13 bits per heavy atom. The molecule has 10 nitrogen and oxygen atoms in total. The van der Waals surface area contributed by atoms with Gasteiger partial charge < -0.3 is 29.5 Å². The molecule has 0 saturated heterocycles. The van der Waals surface area contributed by atoms with E-state index in [-0.39, 0.29) is 25.0 Å². The molecule has 1 atom stereocenters. The Morgan fingerprint density at radius 2 is 1.56 bits per heavy atom. The number of hydrogen-bond acceptors (Lipinski definition) is 7. The van der Waals surface area contributed by atoms with Crippen molar-refractivity contribution < 1.29 is 43.4 Å². The number of carbonyl (C=O) groups is 1. The van der Waals surface area contributed by atoms with E-state index in [2.05, 4.69) is 17.7 Å². The number of aromatic hydroxyl groups is 2. The topological polar surface area (TPSA) is 148 Å². The van der Waals surface area contributed by atoms with E-state index < -0.39 is 19.2 Å². The highest BCUT2D eigenvalue weighted by Crippen LogP contribution is 2.50. The molecule has 4 N–H and O–H groups in total. The minimum Gasteiger partial charge on any atom is -0.494 e. The molecule has 222 valence electrons. The van der Waals surface area contributed by atoms with Gasteiger partial charge in [-0.25, -0.2) is 9.36 Å². The molecule has 0 amide bonds. The lowest BCUT2D eigenvalue weighted by molar-refractivity contribution is -0.139. The fraction of sp³-hybridized carbons (Fsp3) is 0.679. The van der Waals surface area contributed by atoms with E-state index in [1.54, 1.807) is 6.92 Å². The van der Waals surface area contributed by atoms with Crippen LogP contribution >= 0.6 is 7.82 Å². The molecule has 0 aromatic carbocycles. The maximum atomic E-state index is 11.5. The molecule has 1 aliphatic carbocycles. The summed E-state index contributed by atoms with van der Waals surface area (Å²) < 4.78 is 27.6. The van der Waals surface area contributed by atoms with Crippen molar-refractivity contribution >= 4 is 13.8 Å². The summed E-state index contributed by atoms with van der Waals surface area (Å²) in [6.07, 6.45) is 12.7. The van der Waals surface area contributed by atoms with Crippen LogP contribution < -0.4 is 0 Å². The van der Waals surface area contributed by atoms with Crippen LogP contribution in [0, 0.1) is 0 Å². The monoisotopic (exact) mass is 571 g/mol. The number of rotatable bonds is 21. The third-order valence-corrected chi connectivity index (χ3v) is 7.70. The van der Waals surface area contributed by atoms with Gasteiger partial charge in [-0.3, -0.25) is 9.09 Å². The first-order chi connectivity index (χ1) is 18.5. The van der Waals surface area contributed by atoms with Gasteiger partial charge in [-0.15, -0.1) is 6.58 Å². The van der Waals surface area contributed by atoms with Crippen LogP contribution in [0.15, 0.2) is 24.8 Å².